The lowest BCUT2D eigenvalue weighted by Gasteiger charge is -2.16. The summed E-state index contributed by atoms with van der Waals surface area (Å²) < 4.78 is 1.59. The Kier molecular flexibility index (Phi) is 4.74. The predicted molar refractivity (Wildman–Crippen MR) is 95.8 cm³/mol. The van der Waals surface area contributed by atoms with Gasteiger partial charge in [-0.3, -0.25) is 14.3 Å². The van der Waals surface area contributed by atoms with E-state index in [0.29, 0.717) is 24.3 Å². The molecule has 0 bridgehead atoms. The van der Waals surface area contributed by atoms with Crippen LogP contribution in [0.4, 0.5) is 5.82 Å². The van der Waals surface area contributed by atoms with Gasteiger partial charge in [-0.25, -0.2) is 0 Å². The Balaban J connectivity index is 1.72. The molecule has 1 unspecified atom stereocenters. The maximum Gasteiger partial charge on any atom is 0.251 e. The van der Waals surface area contributed by atoms with E-state index in [0.717, 1.165) is 24.1 Å². The first-order chi connectivity index (χ1) is 12.0. The third kappa shape index (κ3) is 3.50. The number of aryl methyl sites for hydroxylation is 1. The lowest BCUT2D eigenvalue weighted by Crippen LogP contribution is -2.37. The Labute approximate surface area is 146 Å². The summed E-state index contributed by atoms with van der Waals surface area (Å²) in [6.45, 7) is 3.35. The maximum atomic E-state index is 12.6. The molecule has 1 aliphatic heterocycles. The van der Waals surface area contributed by atoms with Crippen molar-refractivity contribution >= 4 is 17.6 Å². The van der Waals surface area contributed by atoms with Crippen molar-refractivity contribution in [2.75, 3.05) is 18.8 Å². The molecule has 1 atom stereocenters. The van der Waals surface area contributed by atoms with Crippen LogP contribution in [-0.4, -0.2) is 45.6 Å². The third-order valence-corrected chi connectivity index (χ3v) is 4.46. The minimum Gasteiger partial charge on any atom is -0.383 e. The summed E-state index contributed by atoms with van der Waals surface area (Å²) in [5.74, 6) is 0.471. The van der Waals surface area contributed by atoms with Crippen LogP contribution in [-0.2, 0) is 11.8 Å². The molecule has 0 aliphatic carbocycles. The van der Waals surface area contributed by atoms with Gasteiger partial charge in [-0.15, -0.1) is 0 Å². The molecule has 1 saturated heterocycles. The van der Waals surface area contributed by atoms with Crippen molar-refractivity contribution in [2.45, 2.75) is 25.8 Å². The molecule has 3 N–H and O–H groups in total. The summed E-state index contributed by atoms with van der Waals surface area (Å²) in [5, 5.41) is 7.09. The second kappa shape index (κ2) is 6.96. The summed E-state index contributed by atoms with van der Waals surface area (Å²) in [4.78, 5) is 26.3. The van der Waals surface area contributed by atoms with Gasteiger partial charge in [0.05, 0.1) is 12.2 Å². The first-order valence-electron chi connectivity index (χ1n) is 8.46. The van der Waals surface area contributed by atoms with Crippen LogP contribution in [0.5, 0.6) is 0 Å². The molecule has 25 heavy (non-hydrogen) atoms. The second-order valence-electron chi connectivity index (χ2n) is 6.36. The van der Waals surface area contributed by atoms with Crippen LogP contribution in [0.2, 0.25) is 0 Å². The number of carbonyl (C=O) groups excluding carboxylic acids is 2. The van der Waals surface area contributed by atoms with E-state index < -0.39 is 0 Å². The largest absolute Gasteiger partial charge is 0.383 e. The summed E-state index contributed by atoms with van der Waals surface area (Å²) >= 11 is 0. The van der Waals surface area contributed by atoms with Gasteiger partial charge in [-0.2, -0.15) is 5.10 Å². The summed E-state index contributed by atoms with van der Waals surface area (Å²) in [6.07, 6.45) is 2.96. The SMILES string of the molecule is CCCN1CC(NC(=O)c2cccc(-c3cnn(C)c3N)c2)CC1=O. The predicted octanol–water partition coefficient (Wildman–Crippen LogP) is 1.41. The lowest BCUT2D eigenvalue weighted by atomic mass is 10.0. The average molecular weight is 341 g/mol. The fourth-order valence-electron chi connectivity index (χ4n) is 3.12. The normalized spacial score (nSPS) is 17.1. The number of rotatable bonds is 5. The van der Waals surface area contributed by atoms with Gasteiger partial charge in [0.2, 0.25) is 5.91 Å². The van der Waals surface area contributed by atoms with E-state index in [1.165, 1.54) is 0 Å². The number of nitrogen functional groups attached to an aromatic ring is 1. The number of hydrogen-bond donors (Lipinski definition) is 2. The first kappa shape index (κ1) is 17.0. The van der Waals surface area contributed by atoms with Crippen LogP contribution < -0.4 is 11.1 Å². The van der Waals surface area contributed by atoms with Crippen molar-refractivity contribution in [3.8, 4) is 11.1 Å². The number of nitrogens with two attached hydrogens (primary N) is 1. The van der Waals surface area contributed by atoms with Gasteiger partial charge >= 0.3 is 0 Å². The Hall–Kier alpha value is -2.83. The number of likely N-dealkylation sites (tertiary alicyclic amines) is 1. The zero-order valence-corrected chi connectivity index (χ0v) is 14.5. The van der Waals surface area contributed by atoms with E-state index in [4.69, 9.17) is 5.73 Å². The molecular formula is C18H23N5O2. The van der Waals surface area contributed by atoms with Gasteiger partial charge in [-0.1, -0.05) is 19.1 Å². The minimum absolute atomic E-state index is 0.101. The molecule has 7 nitrogen and oxygen atoms in total. The highest BCUT2D eigenvalue weighted by atomic mass is 16.2. The van der Waals surface area contributed by atoms with E-state index >= 15 is 0 Å². The molecule has 0 saturated carbocycles. The first-order valence-corrected chi connectivity index (χ1v) is 8.46. The number of aromatic nitrogens is 2. The fourth-order valence-corrected chi connectivity index (χ4v) is 3.12. The van der Waals surface area contributed by atoms with Crippen molar-refractivity contribution in [1.82, 2.24) is 20.0 Å². The number of anilines is 1. The van der Waals surface area contributed by atoms with Crippen LogP contribution >= 0.6 is 0 Å². The number of amides is 2. The average Bonchev–Trinajstić information content (AvgIpc) is 3.11. The monoisotopic (exact) mass is 341 g/mol. The number of nitrogens with zero attached hydrogens (tertiary/aromatic N) is 3. The summed E-state index contributed by atoms with van der Waals surface area (Å²) in [7, 11) is 1.77. The molecule has 2 amide bonds. The molecule has 132 valence electrons. The highest BCUT2D eigenvalue weighted by molar-refractivity contribution is 5.96. The van der Waals surface area contributed by atoms with Gasteiger partial charge < -0.3 is 16.0 Å². The molecule has 7 heteroatoms. The van der Waals surface area contributed by atoms with Crippen molar-refractivity contribution in [3.63, 3.8) is 0 Å². The Morgan fingerprint density at radius 2 is 2.24 bits per heavy atom. The highest BCUT2D eigenvalue weighted by Gasteiger charge is 2.30. The lowest BCUT2D eigenvalue weighted by molar-refractivity contribution is -0.127. The van der Waals surface area contributed by atoms with Crippen molar-refractivity contribution in [2.24, 2.45) is 7.05 Å². The number of hydrogen-bond acceptors (Lipinski definition) is 4. The van der Waals surface area contributed by atoms with Crippen LogP contribution in [0.3, 0.4) is 0 Å². The third-order valence-electron chi connectivity index (χ3n) is 4.46. The maximum absolute atomic E-state index is 12.6. The number of benzene rings is 1. The van der Waals surface area contributed by atoms with Crippen molar-refractivity contribution in [1.29, 1.82) is 0 Å². The van der Waals surface area contributed by atoms with Crippen LogP contribution in [0.1, 0.15) is 30.1 Å². The zero-order valence-electron chi connectivity index (χ0n) is 14.5. The molecule has 0 radical (unpaired) electrons. The molecule has 1 aliphatic rings. The Morgan fingerprint density at radius 3 is 2.92 bits per heavy atom. The Bertz CT molecular complexity index is 799. The minimum atomic E-state index is -0.180. The van der Waals surface area contributed by atoms with E-state index in [-0.39, 0.29) is 17.9 Å². The van der Waals surface area contributed by atoms with Gasteiger partial charge in [0, 0.05) is 37.7 Å². The van der Waals surface area contributed by atoms with Gasteiger partial charge in [0.25, 0.3) is 5.91 Å². The highest BCUT2D eigenvalue weighted by Crippen LogP contribution is 2.25. The Morgan fingerprint density at radius 1 is 1.44 bits per heavy atom. The van der Waals surface area contributed by atoms with Crippen LogP contribution in [0.25, 0.3) is 11.1 Å². The molecule has 1 aromatic heterocycles. The smallest absolute Gasteiger partial charge is 0.251 e. The zero-order chi connectivity index (χ0) is 18.0. The van der Waals surface area contributed by atoms with Crippen molar-refractivity contribution in [3.05, 3.63) is 36.0 Å². The van der Waals surface area contributed by atoms with Crippen molar-refractivity contribution < 1.29 is 9.59 Å². The fraction of sp³-hybridized carbons (Fsp3) is 0.389. The van der Waals surface area contributed by atoms with Gasteiger partial charge in [-0.05, 0) is 24.1 Å². The topological polar surface area (TPSA) is 93.2 Å². The molecular weight excluding hydrogens is 318 g/mol. The summed E-state index contributed by atoms with van der Waals surface area (Å²) in [5.41, 5.74) is 8.19. The second-order valence-corrected chi connectivity index (χ2v) is 6.36. The quantitative estimate of drug-likeness (QED) is 0.860. The molecule has 2 aromatic rings. The molecule has 1 aromatic carbocycles. The summed E-state index contributed by atoms with van der Waals surface area (Å²) in [6, 6.07) is 7.13. The standard InChI is InChI=1S/C18H23N5O2/c1-3-7-23-11-14(9-16(23)24)21-18(25)13-6-4-5-12(8-13)15-10-20-22(2)17(15)19/h4-6,8,10,14H,3,7,9,11,19H2,1-2H3,(H,21,25). The van der Waals surface area contributed by atoms with Gasteiger partial charge in [0.15, 0.2) is 0 Å². The molecule has 2 heterocycles. The number of nitrogens with one attached hydrogen (secondary N) is 1. The molecule has 1 fully saturated rings. The molecule has 3 rings (SSSR count). The van der Waals surface area contributed by atoms with E-state index in [2.05, 4.69) is 10.4 Å². The van der Waals surface area contributed by atoms with Crippen LogP contribution in [0, 0.1) is 0 Å². The van der Waals surface area contributed by atoms with Gasteiger partial charge in [0.1, 0.15) is 5.82 Å². The molecule has 0 spiro atoms. The van der Waals surface area contributed by atoms with E-state index in [1.807, 2.05) is 19.1 Å². The van der Waals surface area contributed by atoms with Crippen LogP contribution in [0.15, 0.2) is 30.5 Å². The van der Waals surface area contributed by atoms with E-state index in [9.17, 15) is 9.59 Å². The van der Waals surface area contributed by atoms with E-state index in [1.54, 1.807) is 35.0 Å². The number of carbonyl (C=O) groups is 2.